The predicted molar refractivity (Wildman–Crippen MR) is 69.3 cm³/mol. The Kier molecular flexibility index (Phi) is 2.34. The molecule has 0 aliphatic carbocycles. The molecule has 1 aliphatic heterocycles. The molecule has 0 fully saturated rings. The molecule has 0 bridgehead atoms. The van der Waals surface area contributed by atoms with Crippen molar-refractivity contribution in [2.45, 2.75) is 6.92 Å². The lowest BCUT2D eigenvalue weighted by atomic mass is 10.1. The van der Waals surface area contributed by atoms with Crippen LogP contribution in [0.4, 0.5) is 0 Å². The first-order chi connectivity index (χ1) is 8.24. The number of aromatic nitrogens is 1. The number of benzene rings is 1. The first-order valence-electron chi connectivity index (χ1n) is 5.25. The molecule has 0 unspecified atom stereocenters. The van der Waals surface area contributed by atoms with Gasteiger partial charge in [-0.05, 0) is 25.1 Å². The Bertz CT molecular complexity index is 659. The number of fused-ring (bicyclic) bond motifs is 1. The highest BCUT2D eigenvalue weighted by Crippen LogP contribution is 2.22. The molecule has 3 nitrogen and oxygen atoms in total. The van der Waals surface area contributed by atoms with Gasteiger partial charge in [0.1, 0.15) is 5.15 Å². The number of pyridine rings is 1. The third kappa shape index (κ3) is 1.78. The van der Waals surface area contributed by atoms with E-state index in [9.17, 15) is 0 Å². The average Bonchev–Trinajstić information content (AvgIpc) is 2.82. The largest absolute Gasteiger partial charge is 0.235 e. The molecular weight excluding hydrogens is 234 g/mol. The number of hydrogen-bond donors (Lipinski definition) is 0. The average molecular weight is 243 g/mol. The molecule has 2 heterocycles. The Morgan fingerprint density at radius 3 is 2.76 bits per heavy atom. The molecule has 2 aromatic rings. The van der Waals surface area contributed by atoms with Gasteiger partial charge in [-0.1, -0.05) is 23.2 Å². The molecule has 0 saturated heterocycles. The summed E-state index contributed by atoms with van der Waals surface area (Å²) >= 11 is 6.14. The first kappa shape index (κ1) is 10.3. The van der Waals surface area contributed by atoms with Crippen LogP contribution in [0, 0.1) is 6.92 Å². The molecule has 83 valence electrons. The minimum absolute atomic E-state index is 0.438. The minimum Gasteiger partial charge on any atom is -0.235 e. The van der Waals surface area contributed by atoms with Gasteiger partial charge >= 0.3 is 0 Å². The summed E-state index contributed by atoms with van der Waals surface area (Å²) in [5, 5.41) is 5.63. The van der Waals surface area contributed by atoms with Gasteiger partial charge in [0, 0.05) is 17.8 Å². The van der Waals surface area contributed by atoms with E-state index in [0.29, 0.717) is 11.0 Å². The Morgan fingerprint density at radius 2 is 2.00 bits per heavy atom. The van der Waals surface area contributed by atoms with Gasteiger partial charge in [0.15, 0.2) is 5.84 Å². The van der Waals surface area contributed by atoms with Crippen LogP contribution >= 0.6 is 11.6 Å². The van der Waals surface area contributed by atoms with Crippen molar-refractivity contribution in [3.63, 3.8) is 0 Å². The number of aryl methyl sites for hydroxylation is 1. The van der Waals surface area contributed by atoms with Gasteiger partial charge in [0.2, 0.25) is 0 Å². The van der Waals surface area contributed by atoms with Crippen LogP contribution in [0.1, 0.15) is 11.1 Å². The molecular formula is C13H9ClN3. The summed E-state index contributed by atoms with van der Waals surface area (Å²) in [5.41, 5.74) is 2.85. The van der Waals surface area contributed by atoms with Crippen molar-refractivity contribution >= 4 is 28.3 Å². The van der Waals surface area contributed by atoms with Gasteiger partial charge in [0.25, 0.3) is 0 Å². The summed E-state index contributed by atoms with van der Waals surface area (Å²) in [6.07, 6.45) is 3.29. The molecule has 0 spiro atoms. The molecule has 0 amide bonds. The van der Waals surface area contributed by atoms with E-state index in [-0.39, 0.29) is 0 Å². The minimum atomic E-state index is 0.438. The van der Waals surface area contributed by atoms with Crippen LogP contribution in [-0.2, 0) is 0 Å². The maximum atomic E-state index is 6.14. The van der Waals surface area contributed by atoms with Crippen molar-refractivity contribution in [2.75, 3.05) is 0 Å². The summed E-state index contributed by atoms with van der Waals surface area (Å²) in [6, 6.07) is 8.04. The van der Waals surface area contributed by atoms with Gasteiger partial charge in [-0.3, -0.25) is 0 Å². The monoisotopic (exact) mass is 242 g/mol. The van der Waals surface area contributed by atoms with Crippen LogP contribution in [0.15, 0.2) is 41.7 Å². The third-order valence-corrected chi connectivity index (χ3v) is 2.91. The number of nitrogens with zero attached hydrogens (tertiary/aromatic N) is 3. The molecule has 1 radical (unpaired) electrons. The summed E-state index contributed by atoms with van der Waals surface area (Å²) in [4.78, 5) is 8.50. The van der Waals surface area contributed by atoms with Crippen molar-refractivity contribution < 1.29 is 0 Å². The van der Waals surface area contributed by atoms with Gasteiger partial charge < -0.3 is 0 Å². The molecule has 0 atom stereocenters. The highest BCUT2D eigenvalue weighted by atomic mass is 35.5. The summed E-state index contributed by atoms with van der Waals surface area (Å²) in [5.74, 6) is 0.617. The highest BCUT2D eigenvalue weighted by molar-refractivity contribution is 6.33. The van der Waals surface area contributed by atoms with Crippen LogP contribution in [0.2, 0.25) is 5.15 Å². The predicted octanol–water partition coefficient (Wildman–Crippen LogP) is 3.03. The number of aliphatic imine (C=N–C) groups is 1. The van der Waals surface area contributed by atoms with E-state index in [0.717, 1.165) is 16.5 Å². The van der Waals surface area contributed by atoms with Crippen LogP contribution in [0.5, 0.6) is 0 Å². The maximum absolute atomic E-state index is 6.14. The fourth-order valence-electron chi connectivity index (χ4n) is 1.81. The van der Waals surface area contributed by atoms with Gasteiger partial charge in [-0.25, -0.2) is 15.3 Å². The van der Waals surface area contributed by atoms with Gasteiger partial charge in [-0.15, -0.1) is 0 Å². The van der Waals surface area contributed by atoms with Crippen molar-refractivity contribution in [3.05, 3.63) is 52.9 Å². The molecule has 4 heteroatoms. The Hall–Kier alpha value is -1.87. The fourth-order valence-corrected chi connectivity index (χ4v) is 2.04. The number of rotatable bonds is 1. The second-order valence-electron chi connectivity index (χ2n) is 3.90. The number of halogens is 1. The zero-order valence-electron chi connectivity index (χ0n) is 9.18. The van der Waals surface area contributed by atoms with Crippen molar-refractivity contribution in [3.8, 4) is 0 Å². The Balaban J connectivity index is 2.22. The lowest BCUT2D eigenvalue weighted by Gasteiger charge is -2.05. The lowest BCUT2D eigenvalue weighted by Crippen LogP contribution is -2.09. The van der Waals surface area contributed by atoms with E-state index in [2.05, 4.69) is 21.4 Å². The summed E-state index contributed by atoms with van der Waals surface area (Å²) in [6.45, 7) is 2.05. The van der Waals surface area contributed by atoms with Crippen molar-refractivity contribution in [1.29, 1.82) is 0 Å². The maximum Gasteiger partial charge on any atom is 0.162 e. The molecule has 0 saturated carbocycles. The smallest absolute Gasteiger partial charge is 0.162 e. The quantitative estimate of drug-likeness (QED) is 0.709. The van der Waals surface area contributed by atoms with Crippen LogP contribution in [0.3, 0.4) is 0 Å². The van der Waals surface area contributed by atoms with Crippen molar-refractivity contribution in [1.82, 2.24) is 10.3 Å². The van der Waals surface area contributed by atoms with E-state index < -0.39 is 0 Å². The molecule has 1 aliphatic rings. The summed E-state index contributed by atoms with van der Waals surface area (Å²) in [7, 11) is 0. The number of hydrogen-bond acceptors (Lipinski definition) is 2. The van der Waals surface area contributed by atoms with Gasteiger partial charge in [0.05, 0.1) is 11.1 Å². The first-order valence-corrected chi connectivity index (χ1v) is 5.63. The number of amidine groups is 1. The standard InChI is InChI=1S/C13H9ClN3/c1-8-2-3-11-9(6-8)7-10(12(14)17-11)13-15-4-5-16-13/h2-7H,1H3. The van der Waals surface area contributed by atoms with E-state index in [1.165, 1.54) is 5.56 Å². The normalized spacial score (nSPS) is 13.9. The van der Waals surface area contributed by atoms with Crippen LogP contribution < -0.4 is 5.32 Å². The van der Waals surface area contributed by atoms with Crippen LogP contribution in [-0.4, -0.2) is 10.8 Å². The zero-order chi connectivity index (χ0) is 11.8. The zero-order valence-corrected chi connectivity index (χ0v) is 9.94. The SMILES string of the molecule is Cc1ccc2nc(Cl)c(C3=NC=C[N]3)cc2c1. The summed E-state index contributed by atoms with van der Waals surface area (Å²) < 4.78 is 0. The van der Waals surface area contributed by atoms with E-state index in [1.54, 1.807) is 12.4 Å². The highest BCUT2D eigenvalue weighted by Gasteiger charge is 2.13. The topological polar surface area (TPSA) is 39.4 Å². The molecule has 0 N–H and O–H groups in total. The van der Waals surface area contributed by atoms with E-state index in [4.69, 9.17) is 11.6 Å². The van der Waals surface area contributed by atoms with E-state index in [1.807, 2.05) is 25.1 Å². The van der Waals surface area contributed by atoms with Crippen molar-refractivity contribution in [2.24, 2.45) is 4.99 Å². The Morgan fingerprint density at radius 1 is 1.12 bits per heavy atom. The molecule has 1 aromatic carbocycles. The Labute approximate surface area is 104 Å². The second-order valence-corrected chi connectivity index (χ2v) is 4.26. The lowest BCUT2D eigenvalue weighted by molar-refractivity contribution is 1.27. The molecule has 3 rings (SSSR count). The van der Waals surface area contributed by atoms with E-state index >= 15 is 0 Å². The fraction of sp³-hybridized carbons (Fsp3) is 0.0769. The third-order valence-electron chi connectivity index (χ3n) is 2.62. The van der Waals surface area contributed by atoms with Crippen LogP contribution in [0.25, 0.3) is 10.9 Å². The molecule has 1 aromatic heterocycles. The van der Waals surface area contributed by atoms with Gasteiger partial charge in [-0.2, -0.15) is 0 Å². The second kappa shape index (κ2) is 3.86. The molecule has 17 heavy (non-hydrogen) atoms.